The van der Waals surface area contributed by atoms with Crippen molar-refractivity contribution in [2.24, 2.45) is 0 Å². The number of aliphatic hydroxyl groups excluding tert-OH is 1. The van der Waals surface area contributed by atoms with E-state index in [2.05, 4.69) is 4.98 Å². The van der Waals surface area contributed by atoms with Crippen molar-refractivity contribution < 1.29 is 19.4 Å². The summed E-state index contributed by atoms with van der Waals surface area (Å²) in [5.41, 5.74) is 1.23. The Morgan fingerprint density at radius 3 is 2.57 bits per heavy atom. The molecule has 4 rings (SSSR count). The summed E-state index contributed by atoms with van der Waals surface area (Å²) in [4.78, 5) is 32.0. The first-order chi connectivity index (χ1) is 13.6. The summed E-state index contributed by atoms with van der Waals surface area (Å²) >= 11 is 1.26. The van der Waals surface area contributed by atoms with Crippen LogP contribution >= 0.6 is 11.3 Å². The number of nitrogens with zero attached hydrogens (tertiary/aromatic N) is 2. The van der Waals surface area contributed by atoms with E-state index in [1.807, 2.05) is 0 Å². The van der Waals surface area contributed by atoms with Crippen LogP contribution in [-0.2, 0) is 4.79 Å². The highest BCUT2D eigenvalue weighted by Crippen LogP contribution is 2.42. The van der Waals surface area contributed by atoms with Gasteiger partial charge in [0.2, 0.25) is 5.78 Å². The molecule has 7 heteroatoms. The molecule has 0 fully saturated rings. The van der Waals surface area contributed by atoms with Gasteiger partial charge in [-0.05, 0) is 47.3 Å². The monoisotopic (exact) mass is 392 g/mol. The average molecular weight is 392 g/mol. The number of rotatable bonds is 5. The molecule has 1 aliphatic rings. The summed E-state index contributed by atoms with van der Waals surface area (Å²) in [5.74, 6) is -0.895. The molecule has 1 unspecified atom stereocenters. The number of methoxy groups -OCH3 is 1. The van der Waals surface area contributed by atoms with Crippen molar-refractivity contribution in [3.63, 3.8) is 0 Å². The van der Waals surface area contributed by atoms with Gasteiger partial charge in [-0.25, -0.2) is 0 Å². The number of amides is 1. The summed E-state index contributed by atoms with van der Waals surface area (Å²) in [6, 6.07) is 13.0. The van der Waals surface area contributed by atoms with Crippen molar-refractivity contribution in [3.05, 3.63) is 88.1 Å². The lowest BCUT2D eigenvalue weighted by atomic mass is 9.96. The number of ether oxygens (including phenoxy) is 1. The minimum Gasteiger partial charge on any atom is -0.503 e. The van der Waals surface area contributed by atoms with E-state index in [4.69, 9.17) is 4.74 Å². The maximum Gasteiger partial charge on any atom is 0.294 e. The van der Waals surface area contributed by atoms with Crippen LogP contribution in [0.2, 0.25) is 0 Å². The lowest BCUT2D eigenvalue weighted by Crippen LogP contribution is -2.31. The number of benzene rings is 1. The molecule has 0 radical (unpaired) electrons. The van der Waals surface area contributed by atoms with Crippen LogP contribution in [0, 0.1) is 0 Å². The molecule has 3 aromatic rings. The molecule has 1 atom stereocenters. The van der Waals surface area contributed by atoms with Crippen molar-refractivity contribution in [1.29, 1.82) is 0 Å². The van der Waals surface area contributed by atoms with Crippen LogP contribution in [0.15, 0.2) is 77.6 Å². The van der Waals surface area contributed by atoms with Gasteiger partial charge in [0, 0.05) is 18.1 Å². The van der Waals surface area contributed by atoms with Crippen molar-refractivity contribution >= 4 is 28.7 Å². The number of hydrogen-bond donors (Lipinski definition) is 1. The van der Waals surface area contributed by atoms with Crippen LogP contribution in [0.25, 0.3) is 0 Å². The third-order valence-corrected chi connectivity index (χ3v) is 5.42. The Hall–Kier alpha value is -3.45. The molecule has 2 aromatic heterocycles. The highest BCUT2D eigenvalue weighted by molar-refractivity contribution is 7.12. The van der Waals surface area contributed by atoms with Gasteiger partial charge >= 0.3 is 0 Å². The van der Waals surface area contributed by atoms with Crippen LogP contribution in [0.5, 0.6) is 5.75 Å². The molecule has 0 spiro atoms. The Kier molecular flexibility index (Phi) is 4.67. The molecule has 140 valence electrons. The summed E-state index contributed by atoms with van der Waals surface area (Å²) in [6.45, 7) is 0. The predicted molar refractivity (Wildman–Crippen MR) is 106 cm³/mol. The van der Waals surface area contributed by atoms with E-state index in [-0.39, 0.29) is 11.4 Å². The van der Waals surface area contributed by atoms with E-state index in [1.165, 1.54) is 16.2 Å². The van der Waals surface area contributed by atoms with Gasteiger partial charge in [0.25, 0.3) is 5.91 Å². The maximum atomic E-state index is 13.1. The van der Waals surface area contributed by atoms with Gasteiger partial charge in [-0.1, -0.05) is 12.1 Å². The SMILES string of the molecule is COc1ccc(N2C(=O)C(O)=C(C(=O)c3cccs3)C2c2cccnc2)cc1. The number of ketones is 1. The van der Waals surface area contributed by atoms with Gasteiger partial charge in [-0.3, -0.25) is 19.5 Å². The zero-order valence-electron chi connectivity index (χ0n) is 14.9. The molecule has 1 aliphatic heterocycles. The third-order valence-electron chi connectivity index (χ3n) is 4.55. The Morgan fingerprint density at radius 1 is 1.18 bits per heavy atom. The summed E-state index contributed by atoms with van der Waals surface area (Å²) in [5, 5.41) is 12.4. The van der Waals surface area contributed by atoms with Crippen molar-refractivity contribution in [2.75, 3.05) is 12.0 Å². The normalized spacial score (nSPS) is 16.5. The fourth-order valence-corrected chi connectivity index (χ4v) is 3.92. The molecule has 0 aliphatic carbocycles. The largest absolute Gasteiger partial charge is 0.503 e. The minimum atomic E-state index is -0.774. The molecule has 28 heavy (non-hydrogen) atoms. The second-order valence-electron chi connectivity index (χ2n) is 6.13. The smallest absolute Gasteiger partial charge is 0.294 e. The quantitative estimate of drug-likeness (QED) is 0.666. The van der Waals surface area contributed by atoms with Gasteiger partial charge in [0.05, 0.1) is 23.6 Å². The first-order valence-electron chi connectivity index (χ1n) is 8.50. The number of pyridine rings is 1. The Morgan fingerprint density at radius 2 is 1.96 bits per heavy atom. The third kappa shape index (κ3) is 2.95. The van der Waals surface area contributed by atoms with Crippen LogP contribution in [-0.4, -0.2) is 28.9 Å². The number of thiophene rings is 1. The topological polar surface area (TPSA) is 79.7 Å². The number of carbonyl (C=O) groups is 2. The Balaban J connectivity index is 1.85. The van der Waals surface area contributed by atoms with E-state index < -0.39 is 17.7 Å². The van der Waals surface area contributed by atoms with Crippen LogP contribution in [0.3, 0.4) is 0 Å². The predicted octanol–water partition coefficient (Wildman–Crippen LogP) is 3.93. The van der Waals surface area contributed by atoms with Crippen LogP contribution in [0.1, 0.15) is 21.3 Å². The van der Waals surface area contributed by atoms with Crippen molar-refractivity contribution in [3.8, 4) is 5.75 Å². The lowest BCUT2D eigenvalue weighted by molar-refractivity contribution is -0.117. The molecule has 1 N–H and O–H groups in total. The summed E-state index contributed by atoms with van der Waals surface area (Å²) in [6.07, 6.45) is 3.21. The van der Waals surface area contributed by atoms with Gasteiger partial charge in [0.1, 0.15) is 5.75 Å². The first kappa shape index (κ1) is 17.9. The number of carbonyl (C=O) groups excluding carboxylic acids is 2. The molecular formula is C21H16N2O4S. The van der Waals surface area contributed by atoms with Gasteiger partial charge in [0.15, 0.2) is 5.76 Å². The number of Topliss-reactive ketones (excluding diaryl/α,β-unsaturated/α-hetero) is 1. The second-order valence-corrected chi connectivity index (χ2v) is 7.08. The van der Waals surface area contributed by atoms with E-state index >= 15 is 0 Å². The zero-order valence-corrected chi connectivity index (χ0v) is 15.7. The average Bonchev–Trinajstić information content (AvgIpc) is 3.36. The van der Waals surface area contributed by atoms with E-state index in [9.17, 15) is 14.7 Å². The highest BCUT2D eigenvalue weighted by atomic mass is 32.1. The Bertz CT molecular complexity index is 1040. The summed E-state index contributed by atoms with van der Waals surface area (Å²) < 4.78 is 5.17. The van der Waals surface area contributed by atoms with E-state index in [1.54, 1.807) is 73.4 Å². The van der Waals surface area contributed by atoms with Gasteiger partial charge in [-0.2, -0.15) is 0 Å². The maximum absolute atomic E-state index is 13.1. The second kappa shape index (κ2) is 7.28. The van der Waals surface area contributed by atoms with Gasteiger partial charge < -0.3 is 9.84 Å². The van der Waals surface area contributed by atoms with Gasteiger partial charge in [-0.15, -0.1) is 11.3 Å². The summed E-state index contributed by atoms with van der Waals surface area (Å²) in [7, 11) is 1.56. The number of aromatic nitrogens is 1. The molecule has 0 saturated carbocycles. The molecule has 0 bridgehead atoms. The first-order valence-corrected chi connectivity index (χ1v) is 9.38. The zero-order chi connectivity index (χ0) is 19.7. The number of hydrogen-bond acceptors (Lipinski definition) is 6. The molecular weight excluding hydrogens is 376 g/mol. The van der Waals surface area contributed by atoms with E-state index in [0.29, 0.717) is 21.9 Å². The number of anilines is 1. The molecule has 1 amide bonds. The van der Waals surface area contributed by atoms with Crippen molar-refractivity contribution in [2.45, 2.75) is 6.04 Å². The van der Waals surface area contributed by atoms with Crippen LogP contribution in [0.4, 0.5) is 5.69 Å². The number of aliphatic hydroxyl groups is 1. The minimum absolute atomic E-state index is 0.0521. The standard InChI is InChI=1S/C21H16N2O4S/c1-27-15-8-6-14(7-9-15)23-18(13-4-2-10-22-12-13)17(20(25)21(23)26)19(24)16-5-3-11-28-16/h2-12,18,25H,1H3. The molecule has 6 nitrogen and oxygen atoms in total. The fraction of sp³-hybridized carbons (Fsp3) is 0.0952. The van der Waals surface area contributed by atoms with Crippen LogP contribution < -0.4 is 9.64 Å². The lowest BCUT2D eigenvalue weighted by Gasteiger charge is -2.26. The Labute approximate surface area is 165 Å². The van der Waals surface area contributed by atoms with Crippen molar-refractivity contribution in [1.82, 2.24) is 4.98 Å². The van der Waals surface area contributed by atoms with E-state index in [0.717, 1.165) is 0 Å². The molecule has 0 saturated heterocycles. The highest BCUT2D eigenvalue weighted by Gasteiger charge is 2.44. The fourth-order valence-electron chi connectivity index (χ4n) is 3.24. The molecule has 3 heterocycles. The molecule has 1 aromatic carbocycles.